The Kier molecular flexibility index (Phi) is 2.68. The van der Waals surface area contributed by atoms with Crippen LogP contribution in [0.2, 0.25) is 0 Å². The topological polar surface area (TPSA) is 63.6 Å². The number of fused-ring (bicyclic) bond motifs is 3. The zero-order valence-corrected chi connectivity index (χ0v) is 11.2. The van der Waals surface area contributed by atoms with Crippen LogP contribution in [0, 0.1) is 17.3 Å². The number of allylic oxidation sites excluding steroid dienone is 1. The summed E-state index contributed by atoms with van der Waals surface area (Å²) in [5.41, 5.74) is 0.952. The summed E-state index contributed by atoms with van der Waals surface area (Å²) < 4.78 is 5.50. The number of esters is 1. The Morgan fingerprint density at radius 1 is 1.42 bits per heavy atom. The average molecular weight is 262 g/mol. The first kappa shape index (κ1) is 12.6. The van der Waals surface area contributed by atoms with Gasteiger partial charge in [-0.3, -0.25) is 9.59 Å². The van der Waals surface area contributed by atoms with Crippen LogP contribution in [0.15, 0.2) is 23.3 Å². The van der Waals surface area contributed by atoms with E-state index in [1.165, 1.54) is 6.08 Å². The molecule has 0 amide bonds. The molecule has 0 spiro atoms. The largest absolute Gasteiger partial charge is 0.457 e. The molecule has 4 unspecified atom stereocenters. The van der Waals surface area contributed by atoms with Gasteiger partial charge in [-0.1, -0.05) is 13.0 Å². The van der Waals surface area contributed by atoms with E-state index in [1.54, 1.807) is 6.08 Å². The van der Waals surface area contributed by atoms with E-state index in [0.717, 1.165) is 24.0 Å². The van der Waals surface area contributed by atoms with Crippen molar-refractivity contribution >= 4 is 11.8 Å². The molecule has 4 atom stereocenters. The molecule has 0 aromatic rings. The van der Waals surface area contributed by atoms with Gasteiger partial charge in [0.1, 0.15) is 6.10 Å². The van der Waals surface area contributed by atoms with Gasteiger partial charge in [0.05, 0.1) is 17.9 Å². The van der Waals surface area contributed by atoms with Crippen LogP contribution >= 0.6 is 0 Å². The second-order valence-electron chi connectivity index (χ2n) is 5.98. The number of hydrogen-bond donors (Lipinski definition) is 1. The summed E-state index contributed by atoms with van der Waals surface area (Å²) >= 11 is 0. The molecule has 1 saturated carbocycles. The van der Waals surface area contributed by atoms with Crippen molar-refractivity contribution in [3.8, 4) is 0 Å². The van der Waals surface area contributed by atoms with Gasteiger partial charge in [0.25, 0.3) is 0 Å². The lowest BCUT2D eigenvalue weighted by atomic mass is 9.60. The van der Waals surface area contributed by atoms with Crippen molar-refractivity contribution in [2.45, 2.75) is 32.8 Å². The van der Waals surface area contributed by atoms with Gasteiger partial charge in [-0.2, -0.15) is 0 Å². The minimum Gasteiger partial charge on any atom is -0.457 e. The molecule has 2 aliphatic carbocycles. The van der Waals surface area contributed by atoms with Crippen molar-refractivity contribution in [2.75, 3.05) is 6.61 Å². The highest BCUT2D eigenvalue weighted by molar-refractivity contribution is 5.99. The van der Waals surface area contributed by atoms with Crippen molar-refractivity contribution in [1.82, 2.24) is 0 Å². The molecule has 102 valence electrons. The fraction of sp³-hybridized carbons (Fsp3) is 0.600. The van der Waals surface area contributed by atoms with Gasteiger partial charge >= 0.3 is 5.97 Å². The van der Waals surface area contributed by atoms with Crippen molar-refractivity contribution < 1.29 is 19.4 Å². The Hall–Kier alpha value is -1.42. The van der Waals surface area contributed by atoms with Crippen LogP contribution in [-0.2, 0) is 14.3 Å². The first-order valence-corrected chi connectivity index (χ1v) is 6.76. The lowest BCUT2D eigenvalue weighted by Gasteiger charge is -2.43. The van der Waals surface area contributed by atoms with Crippen LogP contribution in [0.4, 0.5) is 0 Å². The van der Waals surface area contributed by atoms with E-state index in [9.17, 15) is 14.7 Å². The molecule has 3 aliphatic rings. The van der Waals surface area contributed by atoms with Gasteiger partial charge < -0.3 is 9.84 Å². The second-order valence-corrected chi connectivity index (χ2v) is 5.98. The molecular weight excluding hydrogens is 244 g/mol. The van der Waals surface area contributed by atoms with Gasteiger partial charge in [-0.05, 0) is 37.0 Å². The zero-order valence-electron chi connectivity index (χ0n) is 11.2. The van der Waals surface area contributed by atoms with Crippen molar-refractivity contribution in [3.05, 3.63) is 23.3 Å². The first-order valence-electron chi connectivity index (χ1n) is 6.76. The standard InChI is InChI=1S/C15H18O4/c1-8-10-5-6-15(2)11(17)4-3-9(7-16)12(15)13(10)19-14(8)18/h3-4,8,10,13,16H,5-7H2,1-2H3. The smallest absolute Gasteiger partial charge is 0.309 e. The summed E-state index contributed by atoms with van der Waals surface area (Å²) in [5, 5.41) is 9.52. The van der Waals surface area contributed by atoms with Crippen molar-refractivity contribution in [3.63, 3.8) is 0 Å². The second kappa shape index (κ2) is 4.04. The molecule has 4 nitrogen and oxygen atoms in total. The highest BCUT2D eigenvalue weighted by Crippen LogP contribution is 2.52. The van der Waals surface area contributed by atoms with E-state index < -0.39 is 5.41 Å². The van der Waals surface area contributed by atoms with E-state index in [-0.39, 0.29) is 36.3 Å². The Morgan fingerprint density at radius 3 is 2.84 bits per heavy atom. The van der Waals surface area contributed by atoms with E-state index >= 15 is 0 Å². The molecule has 3 rings (SSSR count). The SMILES string of the molecule is CC1C(=O)OC2C3=C(CO)C=CC(=O)C3(C)CCC12. The average Bonchev–Trinajstić information content (AvgIpc) is 2.67. The van der Waals surface area contributed by atoms with Crippen LogP contribution in [-0.4, -0.2) is 29.6 Å². The van der Waals surface area contributed by atoms with E-state index in [2.05, 4.69) is 0 Å². The van der Waals surface area contributed by atoms with Crippen LogP contribution < -0.4 is 0 Å². The summed E-state index contributed by atoms with van der Waals surface area (Å²) in [4.78, 5) is 24.0. The minimum atomic E-state index is -0.613. The predicted molar refractivity (Wildman–Crippen MR) is 68.1 cm³/mol. The molecule has 1 heterocycles. The van der Waals surface area contributed by atoms with Gasteiger partial charge in [0, 0.05) is 5.92 Å². The number of carbonyl (C=O) groups excluding carboxylic acids is 2. The molecule has 2 fully saturated rings. The zero-order chi connectivity index (χ0) is 13.8. The Labute approximate surface area is 112 Å². The normalized spacial score (nSPS) is 41.1. The Bertz CT molecular complexity index is 516. The number of ketones is 1. The van der Waals surface area contributed by atoms with E-state index in [4.69, 9.17) is 4.74 Å². The minimum absolute atomic E-state index is 0.0498. The molecule has 1 saturated heterocycles. The number of carbonyl (C=O) groups is 2. The van der Waals surface area contributed by atoms with Crippen LogP contribution in [0.5, 0.6) is 0 Å². The third kappa shape index (κ3) is 1.56. The predicted octanol–water partition coefficient (Wildman–Crippen LogP) is 1.39. The summed E-state index contributed by atoms with van der Waals surface area (Å²) in [6, 6.07) is 0. The Balaban J connectivity index is 2.12. The Morgan fingerprint density at radius 2 is 2.16 bits per heavy atom. The third-order valence-electron chi connectivity index (χ3n) is 5.00. The fourth-order valence-electron chi connectivity index (χ4n) is 3.72. The maximum absolute atomic E-state index is 12.2. The number of hydrogen-bond acceptors (Lipinski definition) is 4. The van der Waals surface area contributed by atoms with Crippen LogP contribution in [0.3, 0.4) is 0 Å². The fourth-order valence-corrected chi connectivity index (χ4v) is 3.72. The van der Waals surface area contributed by atoms with E-state index in [0.29, 0.717) is 0 Å². The summed E-state index contributed by atoms with van der Waals surface area (Å²) in [6.07, 6.45) is 4.40. The number of ether oxygens (including phenoxy) is 1. The van der Waals surface area contributed by atoms with E-state index in [1.807, 2.05) is 13.8 Å². The number of aliphatic hydroxyl groups is 1. The molecule has 0 aromatic heterocycles. The van der Waals surface area contributed by atoms with Crippen LogP contribution in [0.25, 0.3) is 0 Å². The highest BCUT2D eigenvalue weighted by Gasteiger charge is 2.55. The van der Waals surface area contributed by atoms with Crippen LogP contribution in [0.1, 0.15) is 26.7 Å². The molecular formula is C15H18O4. The third-order valence-corrected chi connectivity index (χ3v) is 5.00. The van der Waals surface area contributed by atoms with Gasteiger partial charge in [-0.15, -0.1) is 0 Å². The van der Waals surface area contributed by atoms with Gasteiger partial charge in [0.2, 0.25) is 0 Å². The maximum atomic E-state index is 12.2. The van der Waals surface area contributed by atoms with Crippen molar-refractivity contribution in [2.24, 2.45) is 17.3 Å². The number of rotatable bonds is 1. The molecule has 1 N–H and O–H groups in total. The first-order chi connectivity index (χ1) is 8.99. The lowest BCUT2D eigenvalue weighted by Crippen LogP contribution is -2.44. The van der Waals surface area contributed by atoms with Crippen molar-refractivity contribution in [1.29, 1.82) is 0 Å². The molecule has 4 heteroatoms. The highest BCUT2D eigenvalue weighted by atomic mass is 16.6. The summed E-state index contributed by atoms with van der Waals surface area (Å²) in [7, 11) is 0. The molecule has 0 radical (unpaired) electrons. The molecule has 1 aliphatic heterocycles. The molecule has 0 aromatic carbocycles. The maximum Gasteiger partial charge on any atom is 0.309 e. The molecule has 0 bridgehead atoms. The number of aliphatic hydroxyl groups excluding tert-OH is 1. The monoisotopic (exact) mass is 262 g/mol. The van der Waals surface area contributed by atoms with Gasteiger partial charge in [-0.25, -0.2) is 0 Å². The lowest BCUT2D eigenvalue weighted by molar-refractivity contribution is -0.144. The summed E-state index contributed by atoms with van der Waals surface area (Å²) in [6.45, 7) is 3.66. The quantitative estimate of drug-likeness (QED) is 0.725. The summed E-state index contributed by atoms with van der Waals surface area (Å²) in [5.74, 6) is -0.126. The molecule has 19 heavy (non-hydrogen) atoms. The van der Waals surface area contributed by atoms with Gasteiger partial charge in [0.15, 0.2) is 5.78 Å².